The molecule has 0 aromatic heterocycles. The number of benzene rings is 2. The van der Waals surface area contributed by atoms with Crippen LogP contribution in [0.2, 0.25) is 0 Å². The van der Waals surface area contributed by atoms with Gasteiger partial charge in [-0.3, -0.25) is 9.59 Å². The highest BCUT2D eigenvalue weighted by Crippen LogP contribution is 2.64. The molecule has 2 aromatic rings. The molecule has 3 fully saturated rings. The molecule has 0 unspecified atom stereocenters. The zero-order valence-electron chi connectivity index (χ0n) is 34.5. The molecule has 1 heterocycles. The highest BCUT2D eigenvalue weighted by atomic mass is 16.6. The van der Waals surface area contributed by atoms with Gasteiger partial charge in [0.2, 0.25) is 0 Å². The van der Waals surface area contributed by atoms with Gasteiger partial charge in [0, 0.05) is 31.3 Å². The van der Waals surface area contributed by atoms with Gasteiger partial charge < -0.3 is 44.0 Å². The summed E-state index contributed by atoms with van der Waals surface area (Å²) >= 11 is 0. The van der Waals surface area contributed by atoms with Gasteiger partial charge in [-0.25, -0.2) is 14.4 Å². The molecule has 1 aliphatic heterocycles. The van der Waals surface area contributed by atoms with E-state index in [0.717, 1.165) is 0 Å². The third kappa shape index (κ3) is 7.33. The van der Waals surface area contributed by atoms with Gasteiger partial charge in [0.1, 0.15) is 35.6 Å². The molecule has 10 atom stereocenters. The second-order valence-electron chi connectivity index (χ2n) is 17.7. The minimum Gasteiger partial charge on any atom is -0.456 e. The van der Waals surface area contributed by atoms with E-state index in [-0.39, 0.29) is 25.0 Å². The number of aliphatic hydroxyl groups excluding tert-OH is 1. The van der Waals surface area contributed by atoms with E-state index in [1.165, 1.54) is 14.0 Å². The monoisotopic (exact) mass is 805 g/mol. The SMILES string of the molecule is CO[C@H]1C(=O)[C@]2(C)CC[C@H]3OC[C@@]3(OC(C)=O)[C@H]2[C@H](OC(=O)c2ccccc2)[C@]2(O)C[C@H](OC(=O)[C@H](O)[C@@H](NC(=O)OC(C)(C)C)c3ccccc3)C(C)=C1C2(C)C. The summed E-state index contributed by atoms with van der Waals surface area (Å²) in [7, 11) is 1.37. The molecule has 2 aromatic carbocycles. The van der Waals surface area contributed by atoms with Crippen molar-refractivity contribution in [2.75, 3.05) is 13.7 Å². The van der Waals surface area contributed by atoms with Crippen LogP contribution < -0.4 is 5.32 Å². The van der Waals surface area contributed by atoms with Crippen molar-refractivity contribution in [2.24, 2.45) is 16.7 Å². The molecule has 2 bridgehead atoms. The van der Waals surface area contributed by atoms with Crippen molar-refractivity contribution in [3.05, 3.63) is 82.9 Å². The van der Waals surface area contributed by atoms with Crippen LogP contribution in [0.15, 0.2) is 71.8 Å². The molecule has 314 valence electrons. The van der Waals surface area contributed by atoms with E-state index in [0.29, 0.717) is 23.1 Å². The maximum Gasteiger partial charge on any atom is 0.408 e. The Morgan fingerprint density at radius 3 is 2.14 bits per heavy atom. The third-order valence-electron chi connectivity index (χ3n) is 12.7. The number of amides is 1. The van der Waals surface area contributed by atoms with Crippen LogP contribution >= 0.6 is 0 Å². The highest BCUT2D eigenvalue weighted by molar-refractivity contribution is 5.94. The van der Waals surface area contributed by atoms with Crippen molar-refractivity contribution in [1.82, 2.24) is 5.32 Å². The number of hydrogen-bond acceptors (Lipinski definition) is 13. The number of ether oxygens (including phenoxy) is 6. The zero-order chi connectivity index (χ0) is 42.6. The van der Waals surface area contributed by atoms with Crippen molar-refractivity contribution in [1.29, 1.82) is 0 Å². The summed E-state index contributed by atoms with van der Waals surface area (Å²) in [5.41, 5.74) is -6.10. The summed E-state index contributed by atoms with van der Waals surface area (Å²) in [4.78, 5) is 69.5. The normalized spacial score (nSPS) is 32.4. The van der Waals surface area contributed by atoms with Crippen LogP contribution in [0.3, 0.4) is 0 Å². The van der Waals surface area contributed by atoms with Crippen LogP contribution in [-0.2, 0) is 42.8 Å². The molecular weight excluding hydrogens is 750 g/mol. The van der Waals surface area contributed by atoms with Crippen LogP contribution in [-0.4, -0.2) is 101 Å². The predicted molar refractivity (Wildman–Crippen MR) is 207 cm³/mol. The lowest BCUT2D eigenvalue weighted by Gasteiger charge is -2.66. The summed E-state index contributed by atoms with van der Waals surface area (Å²) in [5.74, 6) is -4.17. The Hall–Kier alpha value is -4.63. The fourth-order valence-electron chi connectivity index (χ4n) is 9.77. The van der Waals surface area contributed by atoms with E-state index in [1.54, 1.807) is 109 Å². The van der Waals surface area contributed by atoms with Gasteiger partial charge in [0.15, 0.2) is 17.5 Å². The molecule has 14 nitrogen and oxygen atoms in total. The quantitative estimate of drug-likeness (QED) is 0.176. The number of carbonyl (C=O) groups excluding carboxylic acids is 5. The number of esters is 3. The maximum atomic E-state index is 15.3. The molecule has 1 saturated heterocycles. The Labute approximate surface area is 338 Å². The standard InChI is InChI=1S/C44H55NO13/c1-24-28(55-38(50)32(47)31(26-16-12-10-13-17-26)45-39(51)58-40(3,4)5)22-44(52)36(56-37(49)27-18-14-11-15-19-27)34-42(8,35(48)33(53-9)30(24)41(44,6)7)21-20-29-43(34,23-54-29)57-25(2)46/h10-19,28-29,31-34,36,47,52H,20-23H2,1-9H3,(H,45,51)/t28-,29+,31-,32+,33+,34-,36-,42+,43-,44+/m0/s1. The van der Waals surface area contributed by atoms with E-state index < -0.39 is 99.9 Å². The number of rotatable bonds is 9. The van der Waals surface area contributed by atoms with Crippen molar-refractivity contribution in [3.8, 4) is 0 Å². The van der Waals surface area contributed by atoms with Crippen molar-refractivity contribution in [3.63, 3.8) is 0 Å². The minimum atomic E-state index is -2.15. The fourth-order valence-corrected chi connectivity index (χ4v) is 9.77. The number of Topliss-reactive ketones (excluding diaryl/α,β-unsaturated/α-hetero) is 1. The summed E-state index contributed by atoms with van der Waals surface area (Å²) < 4.78 is 36.1. The molecule has 1 amide bonds. The largest absolute Gasteiger partial charge is 0.456 e. The average Bonchev–Trinajstić information content (AvgIpc) is 3.15. The van der Waals surface area contributed by atoms with Gasteiger partial charge in [0.05, 0.1) is 24.1 Å². The molecule has 14 heteroatoms. The van der Waals surface area contributed by atoms with Gasteiger partial charge in [-0.2, -0.15) is 0 Å². The lowest BCUT2D eigenvalue weighted by molar-refractivity contribution is -0.332. The maximum absolute atomic E-state index is 15.3. The molecular formula is C44H55NO13. The van der Waals surface area contributed by atoms with E-state index in [1.807, 2.05) is 0 Å². The Bertz CT molecular complexity index is 1960. The van der Waals surface area contributed by atoms with Crippen molar-refractivity contribution >= 4 is 29.8 Å². The Kier molecular flexibility index (Phi) is 11.5. The summed E-state index contributed by atoms with van der Waals surface area (Å²) in [6.07, 6.45) is -7.53. The van der Waals surface area contributed by atoms with Crippen molar-refractivity contribution in [2.45, 2.75) is 128 Å². The van der Waals surface area contributed by atoms with Gasteiger partial charge in [-0.1, -0.05) is 69.3 Å². The van der Waals surface area contributed by atoms with Crippen LogP contribution in [0.4, 0.5) is 4.79 Å². The Morgan fingerprint density at radius 1 is 0.966 bits per heavy atom. The fraction of sp³-hybridized carbons (Fsp3) is 0.568. The van der Waals surface area contributed by atoms with Crippen LogP contribution in [0.1, 0.15) is 96.6 Å². The third-order valence-corrected chi connectivity index (χ3v) is 12.7. The number of fused-ring (bicyclic) bond motifs is 5. The Balaban J connectivity index is 1.49. The van der Waals surface area contributed by atoms with E-state index in [9.17, 15) is 29.4 Å². The summed E-state index contributed by atoms with van der Waals surface area (Å²) in [6.45, 7) is 12.9. The smallest absolute Gasteiger partial charge is 0.408 e. The summed E-state index contributed by atoms with van der Waals surface area (Å²) in [6, 6.07) is 15.2. The summed E-state index contributed by atoms with van der Waals surface area (Å²) in [5, 5.41) is 27.8. The Morgan fingerprint density at radius 2 is 1.59 bits per heavy atom. The molecule has 0 radical (unpaired) electrons. The van der Waals surface area contributed by atoms with Gasteiger partial charge in [-0.15, -0.1) is 0 Å². The first-order chi connectivity index (χ1) is 27.1. The molecule has 3 aliphatic carbocycles. The second-order valence-corrected chi connectivity index (χ2v) is 17.7. The molecule has 6 rings (SSSR count). The van der Waals surface area contributed by atoms with Crippen LogP contribution in [0.5, 0.6) is 0 Å². The highest BCUT2D eigenvalue weighted by Gasteiger charge is 2.76. The number of hydrogen-bond donors (Lipinski definition) is 3. The van der Waals surface area contributed by atoms with E-state index in [4.69, 9.17) is 28.4 Å². The first-order valence-electron chi connectivity index (χ1n) is 19.6. The lowest BCUT2D eigenvalue weighted by atomic mass is 9.45. The van der Waals surface area contributed by atoms with Crippen molar-refractivity contribution < 1.29 is 62.6 Å². The van der Waals surface area contributed by atoms with Gasteiger partial charge in [-0.05, 0) is 69.4 Å². The number of aliphatic hydroxyl groups is 2. The predicted octanol–water partition coefficient (Wildman–Crippen LogP) is 4.94. The first kappa shape index (κ1) is 43.0. The van der Waals surface area contributed by atoms with Crippen LogP contribution in [0, 0.1) is 16.7 Å². The molecule has 3 N–H and O–H groups in total. The number of alkyl carbamates (subject to hydrolysis) is 1. The molecule has 4 aliphatic rings. The van der Waals surface area contributed by atoms with Crippen LogP contribution in [0.25, 0.3) is 0 Å². The first-order valence-corrected chi connectivity index (χ1v) is 19.6. The molecule has 58 heavy (non-hydrogen) atoms. The second kappa shape index (κ2) is 15.5. The molecule has 0 spiro atoms. The molecule has 2 saturated carbocycles. The number of nitrogens with one attached hydrogen (secondary N) is 1. The van der Waals surface area contributed by atoms with Gasteiger partial charge >= 0.3 is 24.0 Å². The van der Waals surface area contributed by atoms with E-state index >= 15 is 4.79 Å². The minimum absolute atomic E-state index is 0.129. The zero-order valence-corrected chi connectivity index (χ0v) is 34.5. The number of ketones is 1. The average molecular weight is 806 g/mol. The number of carbonyl (C=O) groups is 5. The topological polar surface area (TPSA) is 193 Å². The van der Waals surface area contributed by atoms with Gasteiger partial charge in [0.25, 0.3) is 0 Å². The lowest BCUT2D eigenvalue weighted by Crippen LogP contribution is -2.79. The number of methoxy groups -OCH3 is 1. The van der Waals surface area contributed by atoms with E-state index in [2.05, 4.69) is 5.32 Å².